The number of nitrogens with zero attached hydrogens (tertiary/aromatic N) is 1. The number of hydrogen-bond donors (Lipinski definition) is 1. The minimum absolute atomic E-state index is 0.0203. The van der Waals surface area contributed by atoms with Gasteiger partial charge < -0.3 is 5.32 Å². The van der Waals surface area contributed by atoms with Gasteiger partial charge in [0.05, 0.1) is 12.1 Å². The predicted octanol–water partition coefficient (Wildman–Crippen LogP) is 2.07. The molecule has 0 aromatic rings. The Hall–Kier alpha value is -0.550. The molecule has 0 amide bonds. The van der Waals surface area contributed by atoms with Crippen LogP contribution in [-0.2, 0) is 0 Å². The highest BCUT2D eigenvalue weighted by atomic mass is 14.9. The van der Waals surface area contributed by atoms with E-state index in [0.29, 0.717) is 0 Å². The summed E-state index contributed by atoms with van der Waals surface area (Å²) in [6.45, 7) is 2.96. The first kappa shape index (κ1) is 9.54. The van der Waals surface area contributed by atoms with Crippen LogP contribution in [0, 0.1) is 17.2 Å². The van der Waals surface area contributed by atoms with Gasteiger partial charge in [0.25, 0.3) is 0 Å². The number of hydrogen-bond acceptors (Lipinski definition) is 2. The molecule has 1 aliphatic carbocycles. The summed E-state index contributed by atoms with van der Waals surface area (Å²) < 4.78 is 0. The van der Waals surface area contributed by atoms with E-state index in [4.69, 9.17) is 5.26 Å². The minimum atomic E-state index is 0.0203. The van der Waals surface area contributed by atoms with E-state index in [-0.39, 0.29) is 6.04 Å². The first-order valence-electron chi connectivity index (χ1n) is 4.96. The SMILES string of the molecule is CC(C#N)NCC1CCCCC1. The molecule has 0 aliphatic heterocycles. The average Bonchev–Trinajstić information content (AvgIpc) is 2.16. The lowest BCUT2D eigenvalue weighted by Gasteiger charge is -2.22. The van der Waals surface area contributed by atoms with Crippen molar-refractivity contribution in [1.29, 1.82) is 5.26 Å². The lowest BCUT2D eigenvalue weighted by molar-refractivity contribution is 0.338. The highest BCUT2D eigenvalue weighted by molar-refractivity contribution is 4.86. The van der Waals surface area contributed by atoms with Crippen LogP contribution in [0.25, 0.3) is 0 Å². The second kappa shape index (κ2) is 5.16. The van der Waals surface area contributed by atoms with Gasteiger partial charge >= 0.3 is 0 Å². The molecule has 1 aliphatic rings. The fraction of sp³-hybridized carbons (Fsp3) is 0.900. The first-order chi connectivity index (χ1) is 5.83. The Morgan fingerprint density at radius 3 is 2.67 bits per heavy atom. The second-order valence-corrected chi connectivity index (χ2v) is 3.76. The third-order valence-corrected chi connectivity index (χ3v) is 2.63. The van der Waals surface area contributed by atoms with Gasteiger partial charge in [-0.1, -0.05) is 19.3 Å². The topological polar surface area (TPSA) is 35.8 Å². The van der Waals surface area contributed by atoms with E-state index in [1.807, 2.05) is 6.92 Å². The molecule has 1 rings (SSSR count). The van der Waals surface area contributed by atoms with Crippen LogP contribution in [0.5, 0.6) is 0 Å². The maximum absolute atomic E-state index is 8.55. The van der Waals surface area contributed by atoms with E-state index in [2.05, 4.69) is 11.4 Å². The van der Waals surface area contributed by atoms with Gasteiger partial charge in [0.1, 0.15) is 0 Å². The molecule has 2 heteroatoms. The summed E-state index contributed by atoms with van der Waals surface area (Å²) in [6, 6.07) is 2.21. The van der Waals surface area contributed by atoms with Crippen molar-refractivity contribution < 1.29 is 0 Å². The molecule has 1 N–H and O–H groups in total. The lowest BCUT2D eigenvalue weighted by atomic mass is 9.89. The lowest BCUT2D eigenvalue weighted by Crippen LogP contribution is -2.30. The summed E-state index contributed by atoms with van der Waals surface area (Å²) in [6.07, 6.45) is 6.88. The highest BCUT2D eigenvalue weighted by Gasteiger charge is 2.13. The summed E-state index contributed by atoms with van der Waals surface area (Å²) >= 11 is 0. The Kier molecular flexibility index (Phi) is 4.10. The maximum atomic E-state index is 8.55. The van der Waals surface area contributed by atoms with Gasteiger partial charge in [-0.05, 0) is 32.2 Å². The zero-order valence-electron chi connectivity index (χ0n) is 7.84. The van der Waals surface area contributed by atoms with Gasteiger partial charge in [-0.25, -0.2) is 0 Å². The Morgan fingerprint density at radius 2 is 2.08 bits per heavy atom. The molecular weight excluding hydrogens is 148 g/mol. The van der Waals surface area contributed by atoms with Crippen LogP contribution in [-0.4, -0.2) is 12.6 Å². The molecule has 0 saturated heterocycles. The van der Waals surface area contributed by atoms with Crippen molar-refractivity contribution in [2.45, 2.75) is 45.1 Å². The summed E-state index contributed by atoms with van der Waals surface area (Å²) in [5.74, 6) is 0.828. The van der Waals surface area contributed by atoms with Crippen molar-refractivity contribution in [2.24, 2.45) is 5.92 Å². The predicted molar refractivity (Wildman–Crippen MR) is 49.7 cm³/mol. The third kappa shape index (κ3) is 3.23. The standard InChI is InChI=1S/C10H18N2/c1-9(7-11)12-8-10-5-3-2-4-6-10/h9-10,12H,2-6,8H2,1H3. The van der Waals surface area contributed by atoms with E-state index < -0.39 is 0 Å². The molecule has 12 heavy (non-hydrogen) atoms. The van der Waals surface area contributed by atoms with Crippen LogP contribution in [0.3, 0.4) is 0 Å². The minimum Gasteiger partial charge on any atom is -0.302 e. The molecule has 1 saturated carbocycles. The van der Waals surface area contributed by atoms with Crippen molar-refractivity contribution in [3.05, 3.63) is 0 Å². The summed E-state index contributed by atoms with van der Waals surface area (Å²) in [5, 5.41) is 11.8. The van der Waals surface area contributed by atoms with E-state index in [0.717, 1.165) is 12.5 Å². The van der Waals surface area contributed by atoms with Crippen LogP contribution in [0.2, 0.25) is 0 Å². The quantitative estimate of drug-likeness (QED) is 0.696. The van der Waals surface area contributed by atoms with Crippen LogP contribution in [0.1, 0.15) is 39.0 Å². The van der Waals surface area contributed by atoms with Crippen LogP contribution in [0.4, 0.5) is 0 Å². The summed E-state index contributed by atoms with van der Waals surface area (Å²) in [7, 11) is 0. The monoisotopic (exact) mass is 166 g/mol. The molecule has 0 bridgehead atoms. The Bertz CT molecular complexity index is 154. The number of rotatable bonds is 3. The summed E-state index contributed by atoms with van der Waals surface area (Å²) in [4.78, 5) is 0. The van der Waals surface area contributed by atoms with Crippen LogP contribution < -0.4 is 5.32 Å². The van der Waals surface area contributed by atoms with Gasteiger partial charge in [-0.3, -0.25) is 0 Å². The molecule has 2 nitrogen and oxygen atoms in total. The van der Waals surface area contributed by atoms with E-state index >= 15 is 0 Å². The zero-order chi connectivity index (χ0) is 8.81. The van der Waals surface area contributed by atoms with Gasteiger partial charge in [0, 0.05) is 0 Å². The highest BCUT2D eigenvalue weighted by Crippen LogP contribution is 2.22. The van der Waals surface area contributed by atoms with Crippen molar-refractivity contribution >= 4 is 0 Å². The molecule has 1 unspecified atom stereocenters. The smallest absolute Gasteiger partial charge is 0.0924 e. The molecule has 0 radical (unpaired) electrons. The molecule has 0 spiro atoms. The van der Waals surface area contributed by atoms with Crippen LogP contribution >= 0.6 is 0 Å². The zero-order valence-corrected chi connectivity index (χ0v) is 7.84. The summed E-state index contributed by atoms with van der Waals surface area (Å²) in [5.41, 5.74) is 0. The van der Waals surface area contributed by atoms with Gasteiger partial charge in [-0.2, -0.15) is 5.26 Å². The van der Waals surface area contributed by atoms with Crippen molar-refractivity contribution in [3.8, 4) is 6.07 Å². The first-order valence-corrected chi connectivity index (χ1v) is 4.96. The number of nitrogens with one attached hydrogen (secondary N) is 1. The Labute approximate surface area is 75.0 Å². The number of nitriles is 1. The van der Waals surface area contributed by atoms with Crippen LogP contribution in [0.15, 0.2) is 0 Å². The molecular formula is C10H18N2. The van der Waals surface area contributed by atoms with E-state index in [1.54, 1.807) is 0 Å². The van der Waals surface area contributed by atoms with E-state index in [1.165, 1.54) is 32.1 Å². The van der Waals surface area contributed by atoms with E-state index in [9.17, 15) is 0 Å². The fourth-order valence-electron chi connectivity index (χ4n) is 1.78. The largest absolute Gasteiger partial charge is 0.302 e. The van der Waals surface area contributed by atoms with Gasteiger partial charge in [0.15, 0.2) is 0 Å². The molecule has 1 fully saturated rings. The molecule has 0 heterocycles. The molecule has 1 atom stereocenters. The maximum Gasteiger partial charge on any atom is 0.0924 e. The van der Waals surface area contributed by atoms with Gasteiger partial charge in [0.2, 0.25) is 0 Å². The molecule has 0 aromatic carbocycles. The normalized spacial score (nSPS) is 21.7. The fourth-order valence-corrected chi connectivity index (χ4v) is 1.78. The third-order valence-electron chi connectivity index (χ3n) is 2.63. The van der Waals surface area contributed by atoms with Crippen molar-refractivity contribution in [1.82, 2.24) is 5.32 Å². The molecule has 68 valence electrons. The average molecular weight is 166 g/mol. The van der Waals surface area contributed by atoms with Gasteiger partial charge in [-0.15, -0.1) is 0 Å². The van der Waals surface area contributed by atoms with Crippen molar-refractivity contribution in [2.75, 3.05) is 6.54 Å². The Balaban J connectivity index is 2.10. The Morgan fingerprint density at radius 1 is 1.42 bits per heavy atom. The molecule has 0 aromatic heterocycles. The van der Waals surface area contributed by atoms with Crippen molar-refractivity contribution in [3.63, 3.8) is 0 Å². The second-order valence-electron chi connectivity index (χ2n) is 3.76.